The highest BCUT2D eigenvalue weighted by Crippen LogP contribution is 2.46. The average molecular weight is 250 g/mol. The topological polar surface area (TPSA) is 77.8 Å². The molecule has 1 saturated carbocycles. The summed E-state index contributed by atoms with van der Waals surface area (Å²) in [5.41, 5.74) is 6.48. The van der Waals surface area contributed by atoms with E-state index in [0.29, 0.717) is 24.3 Å². The van der Waals surface area contributed by atoms with Crippen molar-refractivity contribution in [3.8, 4) is 10.8 Å². The molecule has 1 fully saturated rings. The van der Waals surface area contributed by atoms with E-state index in [1.165, 1.54) is 11.3 Å². The third-order valence-electron chi connectivity index (χ3n) is 3.09. The quantitative estimate of drug-likeness (QED) is 0.902. The van der Waals surface area contributed by atoms with Crippen LogP contribution in [0.15, 0.2) is 4.52 Å². The summed E-state index contributed by atoms with van der Waals surface area (Å²) in [5.74, 6) is 2.57. The van der Waals surface area contributed by atoms with Crippen molar-refractivity contribution in [3.63, 3.8) is 0 Å². The van der Waals surface area contributed by atoms with E-state index in [4.69, 9.17) is 10.3 Å². The average Bonchev–Trinajstić information content (AvgIpc) is 2.78. The van der Waals surface area contributed by atoms with Crippen molar-refractivity contribution in [1.82, 2.24) is 15.1 Å². The van der Waals surface area contributed by atoms with Gasteiger partial charge in [-0.25, -0.2) is 4.98 Å². The monoisotopic (exact) mass is 250 g/mol. The Bertz CT molecular complexity index is 547. The Kier molecular flexibility index (Phi) is 2.48. The zero-order chi connectivity index (χ0) is 12.0. The first kappa shape index (κ1) is 10.9. The molecule has 3 rings (SSSR count). The zero-order valence-corrected chi connectivity index (χ0v) is 10.6. The molecule has 1 aliphatic carbocycles. The fraction of sp³-hybridized carbons (Fsp3) is 0.545. The van der Waals surface area contributed by atoms with Crippen molar-refractivity contribution in [2.45, 2.75) is 32.7 Å². The summed E-state index contributed by atoms with van der Waals surface area (Å²) in [7, 11) is 0. The Morgan fingerprint density at radius 3 is 2.82 bits per heavy atom. The van der Waals surface area contributed by atoms with Crippen LogP contribution in [0.3, 0.4) is 0 Å². The van der Waals surface area contributed by atoms with Crippen molar-refractivity contribution >= 4 is 11.3 Å². The van der Waals surface area contributed by atoms with Crippen LogP contribution in [0.2, 0.25) is 0 Å². The Hall–Kier alpha value is -1.27. The lowest BCUT2D eigenvalue weighted by Gasteiger charge is -1.87. The second kappa shape index (κ2) is 3.89. The molecule has 0 aromatic carbocycles. The van der Waals surface area contributed by atoms with E-state index in [-0.39, 0.29) is 0 Å². The van der Waals surface area contributed by atoms with Crippen LogP contribution in [-0.4, -0.2) is 15.1 Å². The molecule has 0 bridgehead atoms. The zero-order valence-electron chi connectivity index (χ0n) is 9.80. The minimum absolute atomic E-state index is 0.451. The summed E-state index contributed by atoms with van der Waals surface area (Å²) in [6, 6.07) is 0. The number of hydrogen-bond acceptors (Lipinski definition) is 6. The van der Waals surface area contributed by atoms with Crippen LogP contribution in [0.4, 0.5) is 0 Å². The third-order valence-corrected chi connectivity index (χ3v) is 4.26. The maximum Gasteiger partial charge on any atom is 0.269 e. The van der Waals surface area contributed by atoms with Crippen LogP contribution in [0.25, 0.3) is 10.8 Å². The Morgan fingerprint density at radius 1 is 1.47 bits per heavy atom. The fourth-order valence-electron chi connectivity index (χ4n) is 1.90. The predicted octanol–water partition coefficient (Wildman–Crippen LogP) is 2.08. The third kappa shape index (κ3) is 1.87. The van der Waals surface area contributed by atoms with Crippen LogP contribution in [-0.2, 0) is 6.54 Å². The van der Waals surface area contributed by atoms with Gasteiger partial charge in [-0.2, -0.15) is 4.98 Å². The van der Waals surface area contributed by atoms with Gasteiger partial charge in [-0.05, 0) is 19.3 Å². The molecule has 0 radical (unpaired) electrons. The van der Waals surface area contributed by atoms with Crippen molar-refractivity contribution in [2.24, 2.45) is 11.7 Å². The summed E-state index contributed by atoms with van der Waals surface area (Å²) >= 11 is 1.53. The second-order valence-electron chi connectivity index (χ2n) is 4.50. The van der Waals surface area contributed by atoms with Gasteiger partial charge in [0.15, 0.2) is 5.82 Å². The van der Waals surface area contributed by atoms with Crippen molar-refractivity contribution < 1.29 is 4.52 Å². The van der Waals surface area contributed by atoms with Gasteiger partial charge in [0.2, 0.25) is 0 Å². The molecule has 90 valence electrons. The minimum Gasteiger partial charge on any atom is -0.333 e. The van der Waals surface area contributed by atoms with E-state index < -0.39 is 0 Å². The number of hydrogen-bond donors (Lipinski definition) is 1. The number of rotatable bonds is 3. The first-order valence-electron chi connectivity index (χ1n) is 5.69. The number of thiazole rings is 1. The van der Waals surface area contributed by atoms with E-state index in [0.717, 1.165) is 27.8 Å². The molecule has 2 N–H and O–H groups in total. The van der Waals surface area contributed by atoms with Gasteiger partial charge in [0.25, 0.3) is 5.89 Å². The molecule has 17 heavy (non-hydrogen) atoms. The lowest BCUT2D eigenvalue weighted by atomic mass is 10.3. The van der Waals surface area contributed by atoms with Gasteiger partial charge in [0.05, 0.1) is 5.69 Å². The lowest BCUT2D eigenvalue weighted by Crippen LogP contribution is -1.94. The number of aryl methyl sites for hydroxylation is 1. The molecule has 2 aromatic heterocycles. The Labute approximate surface area is 103 Å². The molecule has 2 atom stereocenters. The molecule has 5 nitrogen and oxygen atoms in total. The van der Waals surface area contributed by atoms with E-state index in [2.05, 4.69) is 22.0 Å². The Balaban J connectivity index is 1.92. The highest BCUT2D eigenvalue weighted by molar-refractivity contribution is 7.15. The number of aromatic nitrogens is 3. The summed E-state index contributed by atoms with van der Waals surface area (Å²) in [4.78, 5) is 9.75. The van der Waals surface area contributed by atoms with Crippen molar-refractivity contribution in [2.75, 3.05) is 0 Å². The maximum absolute atomic E-state index is 5.57. The molecule has 2 aromatic rings. The van der Waals surface area contributed by atoms with Gasteiger partial charge in [-0.15, -0.1) is 11.3 Å². The summed E-state index contributed by atoms with van der Waals surface area (Å²) in [5, 5.41) is 4.94. The van der Waals surface area contributed by atoms with Gasteiger partial charge in [0.1, 0.15) is 9.88 Å². The molecule has 1 aliphatic rings. The van der Waals surface area contributed by atoms with Crippen LogP contribution in [0, 0.1) is 12.8 Å². The van der Waals surface area contributed by atoms with Gasteiger partial charge < -0.3 is 10.3 Å². The van der Waals surface area contributed by atoms with Gasteiger partial charge in [0, 0.05) is 12.5 Å². The van der Waals surface area contributed by atoms with E-state index in [9.17, 15) is 0 Å². The van der Waals surface area contributed by atoms with Gasteiger partial charge >= 0.3 is 0 Å². The molecule has 0 aliphatic heterocycles. The maximum atomic E-state index is 5.57. The summed E-state index contributed by atoms with van der Waals surface area (Å²) in [6.45, 7) is 4.59. The highest BCUT2D eigenvalue weighted by atomic mass is 32.1. The lowest BCUT2D eigenvalue weighted by molar-refractivity contribution is 0.422. The molecule has 0 amide bonds. The van der Waals surface area contributed by atoms with Crippen molar-refractivity contribution in [1.29, 1.82) is 0 Å². The predicted molar refractivity (Wildman–Crippen MR) is 64.6 cm³/mol. The molecule has 2 unspecified atom stereocenters. The first-order chi connectivity index (χ1) is 8.19. The normalized spacial score (nSPS) is 23.0. The molecule has 6 heteroatoms. The van der Waals surface area contributed by atoms with E-state index >= 15 is 0 Å². The second-order valence-corrected chi connectivity index (χ2v) is 5.59. The highest BCUT2D eigenvalue weighted by Gasteiger charge is 2.38. The minimum atomic E-state index is 0.451. The number of nitrogens with two attached hydrogens (primary N) is 1. The molecule has 0 spiro atoms. The summed E-state index contributed by atoms with van der Waals surface area (Å²) < 4.78 is 5.31. The molecule has 2 heterocycles. The van der Waals surface area contributed by atoms with Crippen LogP contribution >= 0.6 is 11.3 Å². The standard InChI is InChI=1S/C11H14N4OS/c1-5-3-7(5)10-14-11(16-15-10)9-6(2)13-8(4-12)17-9/h5,7H,3-4,12H2,1-2H3. The van der Waals surface area contributed by atoms with Crippen LogP contribution in [0.5, 0.6) is 0 Å². The SMILES string of the molecule is Cc1nc(CN)sc1-c1nc(C2CC2C)no1. The largest absolute Gasteiger partial charge is 0.333 e. The molecule has 0 saturated heterocycles. The van der Waals surface area contributed by atoms with E-state index in [1.54, 1.807) is 0 Å². The Morgan fingerprint density at radius 2 is 2.24 bits per heavy atom. The smallest absolute Gasteiger partial charge is 0.269 e. The van der Waals surface area contributed by atoms with Crippen molar-refractivity contribution in [3.05, 3.63) is 16.5 Å². The molecular formula is C11H14N4OS. The van der Waals surface area contributed by atoms with Crippen LogP contribution in [0.1, 0.15) is 35.8 Å². The molecular weight excluding hydrogens is 236 g/mol. The first-order valence-corrected chi connectivity index (χ1v) is 6.51. The van der Waals surface area contributed by atoms with Gasteiger partial charge in [-0.1, -0.05) is 12.1 Å². The van der Waals surface area contributed by atoms with Crippen LogP contribution < -0.4 is 5.73 Å². The summed E-state index contributed by atoms with van der Waals surface area (Å²) in [6.07, 6.45) is 1.16. The van der Waals surface area contributed by atoms with Gasteiger partial charge in [-0.3, -0.25) is 0 Å². The number of nitrogens with zero attached hydrogens (tertiary/aromatic N) is 3. The fourth-order valence-corrected chi connectivity index (χ4v) is 2.76. The van der Waals surface area contributed by atoms with E-state index in [1.807, 2.05) is 6.92 Å².